The standard InChI is InChI=1S/C15H22O/c1-11-6-7-13(12(2)10-11)15(16)9-5-8-14(15,3)4/h6-7,10,16H,5,8-9H2,1-4H3. The van der Waals surface area contributed by atoms with Gasteiger partial charge in [0.25, 0.3) is 0 Å². The molecular weight excluding hydrogens is 196 g/mol. The third-order valence-electron chi connectivity index (χ3n) is 4.29. The lowest BCUT2D eigenvalue weighted by Gasteiger charge is -2.38. The van der Waals surface area contributed by atoms with Crippen LogP contribution in [0.5, 0.6) is 0 Å². The Labute approximate surface area is 98.5 Å². The molecule has 0 heterocycles. The van der Waals surface area contributed by atoms with Crippen LogP contribution in [0, 0.1) is 19.3 Å². The van der Waals surface area contributed by atoms with Gasteiger partial charge in [0, 0.05) is 0 Å². The first-order chi connectivity index (χ1) is 7.37. The van der Waals surface area contributed by atoms with Crippen molar-refractivity contribution in [2.24, 2.45) is 5.41 Å². The summed E-state index contributed by atoms with van der Waals surface area (Å²) < 4.78 is 0. The molecule has 88 valence electrons. The van der Waals surface area contributed by atoms with Crippen LogP contribution in [0.15, 0.2) is 18.2 Å². The highest BCUT2D eigenvalue weighted by molar-refractivity contribution is 5.36. The number of rotatable bonds is 1. The molecule has 1 aromatic rings. The van der Waals surface area contributed by atoms with Gasteiger partial charge in [0.15, 0.2) is 0 Å². The third-order valence-corrected chi connectivity index (χ3v) is 4.29. The van der Waals surface area contributed by atoms with Crippen molar-refractivity contribution in [3.05, 3.63) is 34.9 Å². The summed E-state index contributed by atoms with van der Waals surface area (Å²) in [6.45, 7) is 8.56. The number of hydrogen-bond donors (Lipinski definition) is 1. The monoisotopic (exact) mass is 218 g/mol. The van der Waals surface area contributed by atoms with E-state index in [9.17, 15) is 5.11 Å². The first kappa shape index (κ1) is 11.7. The number of aliphatic hydroxyl groups is 1. The quantitative estimate of drug-likeness (QED) is 0.762. The van der Waals surface area contributed by atoms with E-state index in [2.05, 4.69) is 45.9 Å². The molecule has 0 radical (unpaired) electrons. The van der Waals surface area contributed by atoms with Gasteiger partial charge in [0.05, 0.1) is 5.60 Å². The fourth-order valence-corrected chi connectivity index (χ4v) is 3.11. The van der Waals surface area contributed by atoms with E-state index in [4.69, 9.17) is 0 Å². The van der Waals surface area contributed by atoms with Crippen LogP contribution in [-0.4, -0.2) is 5.11 Å². The molecule has 1 saturated carbocycles. The van der Waals surface area contributed by atoms with E-state index >= 15 is 0 Å². The van der Waals surface area contributed by atoms with Crippen LogP contribution in [0.25, 0.3) is 0 Å². The topological polar surface area (TPSA) is 20.2 Å². The Bertz CT molecular complexity index is 406. The molecular formula is C15H22O. The molecule has 0 aromatic heterocycles. The molecule has 1 aromatic carbocycles. The first-order valence-corrected chi connectivity index (χ1v) is 6.17. The lowest BCUT2D eigenvalue weighted by atomic mass is 9.72. The summed E-state index contributed by atoms with van der Waals surface area (Å²) in [7, 11) is 0. The molecule has 1 nitrogen and oxygen atoms in total. The lowest BCUT2D eigenvalue weighted by molar-refractivity contribution is -0.0490. The van der Waals surface area contributed by atoms with Crippen molar-refractivity contribution in [2.45, 2.75) is 52.6 Å². The van der Waals surface area contributed by atoms with Crippen molar-refractivity contribution < 1.29 is 5.11 Å². The van der Waals surface area contributed by atoms with Crippen LogP contribution in [-0.2, 0) is 5.60 Å². The predicted molar refractivity (Wildman–Crippen MR) is 67.4 cm³/mol. The van der Waals surface area contributed by atoms with Crippen LogP contribution >= 0.6 is 0 Å². The van der Waals surface area contributed by atoms with Crippen LogP contribution in [0.4, 0.5) is 0 Å². The number of aryl methyl sites for hydroxylation is 2. The summed E-state index contributed by atoms with van der Waals surface area (Å²) in [5, 5.41) is 11.0. The molecule has 1 atom stereocenters. The summed E-state index contributed by atoms with van der Waals surface area (Å²) in [5.74, 6) is 0. The molecule has 1 N–H and O–H groups in total. The molecule has 0 amide bonds. The minimum Gasteiger partial charge on any atom is -0.385 e. The maximum Gasteiger partial charge on any atom is 0.0949 e. The fourth-order valence-electron chi connectivity index (χ4n) is 3.11. The maximum absolute atomic E-state index is 11.0. The summed E-state index contributed by atoms with van der Waals surface area (Å²) in [4.78, 5) is 0. The van der Waals surface area contributed by atoms with Gasteiger partial charge >= 0.3 is 0 Å². The second-order valence-corrected chi connectivity index (χ2v) is 5.92. The van der Waals surface area contributed by atoms with Crippen molar-refractivity contribution in [3.8, 4) is 0 Å². The highest BCUT2D eigenvalue weighted by atomic mass is 16.3. The zero-order chi connectivity index (χ0) is 12.0. The van der Waals surface area contributed by atoms with Crippen LogP contribution in [0.1, 0.15) is 49.8 Å². The van der Waals surface area contributed by atoms with E-state index in [0.29, 0.717) is 0 Å². The smallest absolute Gasteiger partial charge is 0.0949 e. The second kappa shape index (κ2) is 3.59. The Kier molecular flexibility index (Phi) is 2.62. The maximum atomic E-state index is 11.0. The van der Waals surface area contributed by atoms with Crippen LogP contribution in [0.2, 0.25) is 0 Å². The fraction of sp³-hybridized carbons (Fsp3) is 0.600. The molecule has 1 aliphatic carbocycles. The van der Waals surface area contributed by atoms with Crippen LogP contribution < -0.4 is 0 Å². The van der Waals surface area contributed by atoms with Gasteiger partial charge in [0.1, 0.15) is 0 Å². The normalized spacial score (nSPS) is 28.3. The highest BCUT2D eigenvalue weighted by Gasteiger charge is 2.49. The molecule has 0 bridgehead atoms. The summed E-state index contributed by atoms with van der Waals surface area (Å²) >= 11 is 0. The van der Waals surface area contributed by atoms with Gasteiger partial charge in [-0.25, -0.2) is 0 Å². The first-order valence-electron chi connectivity index (χ1n) is 6.17. The minimum absolute atomic E-state index is 0.00693. The molecule has 0 spiro atoms. The van der Waals surface area contributed by atoms with E-state index < -0.39 is 5.60 Å². The van der Waals surface area contributed by atoms with Crippen molar-refractivity contribution in [1.82, 2.24) is 0 Å². The number of hydrogen-bond acceptors (Lipinski definition) is 1. The Balaban J connectivity index is 2.51. The molecule has 16 heavy (non-hydrogen) atoms. The summed E-state index contributed by atoms with van der Waals surface area (Å²) in [5.41, 5.74) is 2.97. The lowest BCUT2D eigenvalue weighted by Crippen LogP contribution is -2.37. The zero-order valence-electron chi connectivity index (χ0n) is 10.8. The highest BCUT2D eigenvalue weighted by Crippen LogP contribution is 2.52. The van der Waals surface area contributed by atoms with Crippen molar-refractivity contribution in [2.75, 3.05) is 0 Å². The molecule has 0 saturated heterocycles. The molecule has 1 unspecified atom stereocenters. The SMILES string of the molecule is Cc1ccc(C2(O)CCCC2(C)C)c(C)c1. The van der Waals surface area contributed by atoms with Crippen LogP contribution in [0.3, 0.4) is 0 Å². The molecule has 1 heteroatoms. The Morgan fingerprint density at radius 3 is 2.31 bits per heavy atom. The van der Waals surface area contributed by atoms with Gasteiger partial charge in [0.2, 0.25) is 0 Å². The van der Waals surface area contributed by atoms with E-state index in [0.717, 1.165) is 24.8 Å². The Morgan fingerprint density at radius 2 is 1.81 bits per heavy atom. The van der Waals surface area contributed by atoms with Crippen molar-refractivity contribution in [1.29, 1.82) is 0 Å². The molecule has 2 rings (SSSR count). The van der Waals surface area contributed by atoms with Gasteiger partial charge in [-0.2, -0.15) is 0 Å². The van der Waals surface area contributed by atoms with Gasteiger partial charge < -0.3 is 5.11 Å². The van der Waals surface area contributed by atoms with E-state index in [1.165, 1.54) is 11.1 Å². The molecule has 1 fully saturated rings. The number of benzene rings is 1. The zero-order valence-corrected chi connectivity index (χ0v) is 10.8. The van der Waals surface area contributed by atoms with E-state index in [1.54, 1.807) is 0 Å². The molecule has 1 aliphatic rings. The summed E-state index contributed by atoms with van der Waals surface area (Å²) in [6.07, 6.45) is 3.12. The predicted octanol–water partition coefficient (Wildman–Crippen LogP) is 3.70. The molecule has 0 aliphatic heterocycles. The average Bonchev–Trinajstić information content (AvgIpc) is 2.41. The van der Waals surface area contributed by atoms with Gasteiger partial charge in [-0.3, -0.25) is 0 Å². The minimum atomic E-state index is -0.634. The summed E-state index contributed by atoms with van der Waals surface area (Å²) in [6, 6.07) is 6.38. The van der Waals surface area contributed by atoms with Gasteiger partial charge in [-0.1, -0.05) is 37.6 Å². The van der Waals surface area contributed by atoms with Crippen molar-refractivity contribution >= 4 is 0 Å². The third kappa shape index (κ3) is 1.58. The largest absolute Gasteiger partial charge is 0.385 e. The van der Waals surface area contributed by atoms with Gasteiger partial charge in [-0.15, -0.1) is 0 Å². The Hall–Kier alpha value is -0.820. The van der Waals surface area contributed by atoms with E-state index in [1.807, 2.05) is 0 Å². The van der Waals surface area contributed by atoms with Gasteiger partial charge in [-0.05, 0) is 49.7 Å². The van der Waals surface area contributed by atoms with E-state index in [-0.39, 0.29) is 5.41 Å². The Morgan fingerprint density at radius 1 is 1.12 bits per heavy atom. The average molecular weight is 218 g/mol. The second-order valence-electron chi connectivity index (χ2n) is 5.92. The van der Waals surface area contributed by atoms with Crippen molar-refractivity contribution in [3.63, 3.8) is 0 Å².